The van der Waals surface area contributed by atoms with E-state index in [0.717, 1.165) is 38.5 Å². The maximum absolute atomic E-state index is 14.1. The van der Waals surface area contributed by atoms with Crippen molar-refractivity contribution >= 4 is 5.78 Å². The average Bonchev–Trinajstić information content (AvgIpc) is 3.03. The third-order valence-corrected chi connectivity index (χ3v) is 10.4. The van der Waals surface area contributed by atoms with Crippen LogP contribution in [0.3, 0.4) is 0 Å². The number of allylic oxidation sites excluding steroid dienone is 2. The van der Waals surface area contributed by atoms with E-state index in [0.29, 0.717) is 30.0 Å². The number of hydrogen-bond acceptors (Lipinski definition) is 1. The summed E-state index contributed by atoms with van der Waals surface area (Å²) in [5.74, 6) is 2.33. The minimum atomic E-state index is -0.641. The predicted octanol–water partition coefficient (Wildman–Crippen LogP) is 7.11. The number of carbonyl (C=O) groups excluding carboxylic acids is 1. The number of halogens is 1. The lowest BCUT2D eigenvalue weighted by Gasteiger charge is -2.59. The van der Waals surface area contributed by atoms with Gasteiger partial charge in [0.15, 0.2) is 0 Å². The Morgan fingerprint density at radius 1 is 1.03 bits per heavy atom. The SMILES string of the molecule is CC(=O)C1(Cc2ccccc2)CCC2C3CC=C4CC(F)CCC4(C)C3CCC21C. The summed E-state index contributed by atoms with van der Waals surface area (Å²) >= 11 is 0. The molecule has 30 heavy (non-hydrogen) atoms. The molecular weight excluding hydrogens is 371 g/mol. The Labute approximate surface area is 181 Å². The van der Waals surface area contributed by atoms with E-state index in [-0.39, 0.29) is 16.2 Å². The molecular formula is C28H37FO. The van der Waals surface area contributed by atoms with Crippen molar-refractivity contribution in [2.45, 2.75) is 84.7 Å². The van der Waals surface area contributed by atoms with Crippen LogP contribution in [0.5, 0.6) is 0 Å². The van der Waals surface area contributed by atoms with Gasteiger partial charge in [0.05, 0.1) is 0 Å². The topological polar surface area (TPSA) is 17.1 Å². The second-order valence-corrected chi connectivity index (χ2v) is 11.4. The van der Waals surface area contributed by atoms with Gasteiger partial charge < -0.3 is 0 Å². The normalized spacial score (nSPS) is 45.1. The summed E-state index contributed by atoms with van der Waals surface area (Å²) in [6.07, 6.45) is 10.7. The van der Waals surface area contributed by atoms with Crippen molar-refractivity contribution in [1.82, 2.24) is 0 Å². The fourth-order valence-corrected chi connectivity index (χ4v) is 8.69. The van der Waals surface area contributed by atoms with Crippen LogP contribution in [0.1, 0.15) is 77.7 Å². The quantitative estimate of drug-likeness (QED) is 0.487. The van der Waals surface area contributed by atoms with E-state index in [9.17, 15) is 9.18 Å². The molecule has 0 spiro atoms. The molecule has 7 atom stereocenters. The van der Waals surface area contributed by atoms with E-state index in [1.54, 1.807) is 0 Å². The van der Waals surface area contributed by atoms with Gasteiger partial charge in [0.2, 0.25) is 0 Å². The van der Waals surface area contributed by atoms with Gasteiger partial charge in [0.1, 0.15) is 12.0 Å². The largest absolute Gasteiger partial charge is 0.299 e. The molecule has 4 aliphatic carbocycles. The highest BCUT2D eigenvalue weighted by molar-refractivity contribution is 5.84. The van der Waals surface area contributed by atoms with E-state index in [1.807, 2.05) is 6.92 Å². The molecule has 0 amide bonds. The molecule has 7 unspecified atom stereocenters. The van der Waals surface area contributed by atoms with Crippen LogP contribution in [0.15, 0.2) is 42.0 Å². The van der Waals surface area contributed by atoms with Gasteiger partial charge in [0, 0.05) is 11.8 Å². The molecule has 0 heterocycles. The van der Waals surface area contributed by atoms with Crippen molar-refractivity contribution in [3.05, 3.63) is 47.5 Å². The van der Waals surface area contributed by atoms with Crippen LogP contribution in [-0.4, -0.2) is 12.0 Å². The molecule has 0 aliphatic heterocycles. The molecule has 1 aromatic rings. The van der Waals surface area contributed by atoms with Crippen LogP contribution in [-0.2, 0) is 11.2 Å². The van der Waals surface area contributed by atoms with E-state index in [2.05, 4.69) is 50.3 Å². The number of hydrogen-bond donors (Lipinski definition) is 0. The molecule has 162 valence electrons. The van der Waals surface area contributed by atoms with Crippen molar-refractivity contribution in [2.75, 3.05) is 0 Å². The highest BCUT2D eigenvalue weighted by Gasteiger charge is 2.65. The predicted molar refractivity (Wildman–Crippen MR) is 120 cm³/mol. The molecule has 1 aromatic carbocycles. The lowest BCUT2D eigenvalue weighted by molar-refractivity contribution is -0.140. The van der Waals surface area contributed by atoms with E-state index >= 15 is 0 Å². The first-order valence-corrected chi connectivity index (χ1v) is 12.2. The number of rotatable bonds is 3. The lowest BCUT2D eigenvalue weighted by Crippen LogP contribution is -2.54. The summed E-state index contributed by atoms with van der Waals surface area (Å²) in [6.45, 7) is 6.73. The summed E-state index contributed by atoms with van der Waals surface area (Å²) in [6, 6.07) is 10.7. The zero-order chi connectivity index (χ0) is 21.1. The fraction of sp³-hybridized carbons (Fsp3) is 0.679. The molecule has 0 bridgehead atoms. The van der Waals surface area contributed by atoms with Crippen LogP contribution in [0.2, 0.25) is 0 Å². The number of alkyl halides is 1. The van der Waals surface area contributed by atoms with Gasteiger partial charge in [-0.3, -0.25) is 4.79 Å². The number of Topliss-reactive ketones (excluding diaryl/α,β-unsaturated/α-hetero) is 1. The Kier molecular flexibility index (Phi) is 4.80. The number of benzene rings is 1. The minimum Gasteiger partial charge on any atom is -0.299 e. The number of carbonyl (C=O) groups is 1. The van der Waals surface area contributed by atoms with E-state index < -0.39 is 6.17 Å². The molecule has 4 aliphatic rings. The lowest BCUT2D eigenvalue weighted by atomic mass is 9.45. The number of ketones is 1. The molecule has 5 rings (SSSR count). The molecule has 0 N–H and O–H groups in total. The highest BCUT2D eigenvalue weighted by Crippen LogP contribution is 2.70. The van der Waals surface area contributed by atoms with Gasteiger partial charge in [-0.2, -0.15) is 0 Å². The monoisotopic (exact) mass is 408 g/mol. The Balaban J connectivity index is 1.50. The molecule has 2 heteroatoms. The molecule has 0 aromatic heterocycles. The van der Waals surface area contributed by atoms with Gasteiger partial charge in [-0.25, -0.2) is 4.39 Å². The van der Waals surface area contributed by atoms with Gasteiger partial charge in [-0.1, -0.05) is 55.8 Å². The van der Waals surface area contributed by atoms with Crippen molar-refractivity contribution in [1.29, 1.82) is 0 Å². The Morgan fingerprint density at radius 3 is 2.50 bits per heavy atom. The van der Waals surface area contributed by atoms with Crippen LogP contribution in [0, 0.1) is 34.0 Å². The van der Waals surface area contributed by atoms with Crippen LogP contribution >= 0.6 is 0 Å². The molecule has 3 saturated carbocycles. The maximum atomic E-state index is 14.1. The molecule has 0 radical (unpaired) electrons. The Morgan fingerprint density at radius 2 is 1.77 bits per heavy atom. The average molecular weight is 409 g/mol. The van der Waals surface area contributed by atoms with Crippen molar-refractivity contribution in [3.8, 4) is 0 Å². The summed E-state index contributed by atoms with van der Waals surface area (Å²) in [5, 5.41) is 0. The number of fused-ring (bicyclic) bond motifs is 5. The smallest absolute Gasteiger partial charge is 0.136 e. The third kappa shape index (κ3) is 2.74. The van der Waals surface area contributed by atoms with Gasteiger partial charge in [-0.05, 0) is 92.4 Å². The van der Waals surface area contributed by atoms with Gasteiger partial charge in [0.25, 0.3) is 0 Å². The summed E-state index contributed by atoms with van der Waals surface area (Å²) in [7, 11) is 0. The van der Waals surface area contributed by atoms with Crippen LogP contribution in [0.4, 0.5) is 4.39 Å². The van der Waals surface area contributed by atoms with E-state index in [4.69, 9.17) is 0 Å². The van der Waals surface area contributed by atoms with Crippen molar-refractivity contribution in [3.63, 3.8) is 0 Å². The first-order chi connectivity index (χ1) is 14.3. The zero-order valence-corrected chi connectivity index (χ0v) is 18.9. The Bertz CT molecular complexity index is 859. The minimum absolute atomic E-state index is 0.0782. The van der Waals surface area contributed by atoms with Crippen molar-refractivity contribution in [2.24, 2.45) is 34.0 Å². The highest BCUT2D eigenvalue weighted by atomic mass is 19.1. The first kappa shape index (κ1) is 20.5. The molecule has 0 saturated heterocycles. The molecule has 1 nitrogen and oxygen atoms in total. The Hall–Kier alpha value is -1.44. The summed E-state index contributed by atoms with van der Waals surface area (Å²) < 4.78 is 14.1. The van der Waals surface area contributed by atoms with Crippen LogP contribution < -0.4 is 0 Å². The summed E-state index contributed by atoms with van der Waals surface area (Å²) in [4.78, 5) is 13.3. The second-order valence-electron chi connectivity index (χ2n) is 11.4. The zero-order valence-electron chi connectivity index (χ0n) is 18.9. The fourth-order valence-electron chi connectivity index (χ4n) is 8.69. The standard InChI is InChI=1S/C28H37FO/c1-19(30)28(18-20-7-5-4-6-8-20)16-13-25-23-10-9-21-17-22(29)11-14-26(21,2)24(23)12-15-27(25,28)3/h4-9,22-25H,10-18H2,1-3H3. The van der Waals surface area contributed by atoms with Crippen molar-refractivity contribution < 1.29 is 9.18 Å². The van der Waals surface area contributed by atoms with Crippen LogP contribution in [0.25, 0.3) is 0 Å². The van der Waals surface area contributed by atoms with Gasteiger partial charge in [-0.15, -0.1) is 0 Å². The third-order valence-electron chi connectivity index (χ3n) is 10.4. The van der Waals surface area contributed by atoms with E-state index in [1.165, 1.54) is 24.0 Å². The second kappa shape index (κ2) is 7.04. The molecule has 3 fully saturated rings. The first-order valence-electron chi connectivity index (χ1n) is 12.2. The van der Waals surface area contributed by atoms with Gasteiger partial charge >= 0.3 is 0 Å². The maximum Gasteiger partial charge on any atom is 0.136 e. The summed E-state index contributed by atoms with van der Waals surface area (Å²) in [5.41, 5.74) is 2.75.